The summed E-state index contributed by atoms with van der Waals surface area (Å²) in [6, 6.07) is 4.14. The lowest BCUT2D eigenvalue weighted by Gasteiger charge is -2.12. The van der Waals surface area contributed by atoms with Crippen LogP contribution in [0.5, 0.6) is 0 Å². The summed E-state index contributed by atoms with van der Waals surface area (Å²) in [5.74, 6) is -0.354. The average Bonchev–Trinajstić information content (AvgIpc) is 3.19. The molecule has 1 fully saturated rings. The fourth-order valence-corrected chi connectivity index (χ4v) is 4.06. The molecule has 1 atom stereocenters. The number of pyridine rings is 1. The molecule has 156 valence electrons. The maximum Gasteiger partial charge on any atom is 0.416 e. The molecule has 0 unspecified atom stereocenters. The van der Waals surface area contributed by atoms with Gasteiger partial charge >= 0.3 is 6.18 Å². The van der Waals surface area contributed by atoms with E-state index in [1.807, 2.05) is 0 Å². The first-order valence-electron chi connectivity index (χ1n) is 8.63. The molecule has 0 saturated carbocycles. The molecule has 0 bridgehead atoms. The zero-order valence-electron chi connectivity index (χ0n) is 15.1. The van der Waals surface area contributed by atoms with Crippen molar-refractivity contribution >= 4 is 21.4 Å². The molecule has 3 rings (SSSR count). The average molecular weight is 429 g/mol. The normalized spacial score (nSPS) is 17.3. The number of nitrogen functional groups attached to an aromatic ring is 1. The monoisotopic (exact) mass is 429 g/mol. The maximum absolute atomic E-state index is 12.7. The molecule has 2 aromatic rings. The van der Waals surface area contributed by atoms with Gasteiger partial charge in [0.1, 0.15) is 0 Å². The van der Waals surface area contributed by atoms with Crippen LogP contribution in [0.3, 0.4) is 0 Å². The summed E-state index contributed by atoms with van der Waals surface area (Å²) in [5, 5.41) is 2.67. The van der Waals surface area contributed by atoms with Gasteiger partial charge in [-0.15, -0.1) is 0 Å². The van der Waals surface area contributed by atoms with Crippen LogP contribution in [0, 0.1) is 5.92 Å². The van der Waals surface area contributed by atoms with Crippen molar-refractivity contribution in [2.45, 2.75) is 22.4 Å². The van der Waals surface area contributed by atoms with E-state index in [2.05, 4.69) is 10.3 Å². The zero-order valence-corrected chi connectivity index (χ0v) is 15.9. The summed E-state index contributed by atoms with van der Waals surface area (Å²) >= 11 is 0. The minimum absolute atomic E-state index is 0.129. The number of hydrogen-bond donors (Lipinski definition) is 2. The van der Waals surface area contributed by atoms with Crippen LogP contribution in [0.1, 0.15) is 22.5 Å². The predicted octanol–water partition coefficient (Wildman–Crippen LogP) is 2.28. The lowest BCUT2D eigenvalue weighted by atomic mass is 10.1. The Morgan fingerprint density at radius 2 is 1.93 bits per heavy atom. The molecule has 2 heterocycles. The van der Waals surface area contributed by atoms with Crippen molar-refractivity contribution in [2.24, 2.45) is 5.92 Å². The number of amides is 1. The van der Waals surface area contributed by atoms with Crippen LogP contribution in [-0.2, 0) is 20.8 Å². The van der Waals surface area contributed by atoms with E-state index < -0.39 is 27.5 Å². The van der Waals surface area contributed by atoms with E-state index in [1.165, 1.54) is 0 Å². The molecule has 1 aliphatic heterocycles. The summed E-state index contributed by atoms with van der Waals surface area (Å²) in [7, 11) is -4.15. The number of hydrogen-bond acceptors (Lipinski definition) is 6. The molecule has 29 heavy (non-hydrogen) atoms. The van der Waals surface area contributed by atoms with E-state index in [0.29, 0.717) is 31.9 Å². The summed E-state index contributed by atoms with van der Waals surface area (Å²) in [5.41, 5.74) is 4.55. The Morgan fingerprint density at radius 3 is 2.48 bits per heavy atom. The van der Waals surface area contributed by atoms with Crippen LogP contribution in [0.2, 0.25) is 0 Å². The van der Waals surface area contributed by atoms with Crippen molar-refractivity contribution in [3.05, 3.63) is 47.8 Å². The summed E-state index contributed by atoms with van der Waals surface area (Å²) < 4.78 is 68.5. The van der Waals surface area contributed by atoms with Gasteiger partial charge in [0.05, 0.1) is 27.6 Å². The van der Waals surface area contributed by atoms with E-state index in [9.17, 15) is 26.4 Å². The summed E-state index contributed by atoms with van der Waals surface area (Å²) in [6.07, 6.45) is -2.79. The maximum atomic E-state index is 12.7. The van der Waals surface area contributed by atoms with Crippen LogP contribution in [0.25, 0.3) is 0 Å². The Hall–Kier alpha value is -2.66. The molecule has 1 saturated heterocycles. The van der Waals surface area contributed by atoms with Gasteiger partial charge in [-0.25, -0.2) is 13.4 Å². The number of carbonyl (C=O) groups is 1. The molecule has 7 nitrogen and oxygen atoms in total. The molecule has 11 heteroatoms. The number of carbonyl (C=O) groups excluding carboxylic acids is 1. The Bertz CT molecular complexity index is 1000. The highest BCUT2D eigenvalue weighted by Crippen LogP contribution is 2.31. The van der Waals surface area contributed by atoms with E-state index in [1.54, 1.807) is 0 Å². The number of anilines is 1. The SMILES string of the molecule is Nc1cc(S(=O)(=O)c2ccc(C(F)(F)F)cc2)cnc1C(=O)NC[C@@H]1CCOC1. The molecule has 0 radical (unpaired) electrons. The number of nitrogens with two attached hydrogens (primary N) is 1. The molecule has 3 N–H and O–H groups in total. The van der Waals surface area contributed by atoms with Gasteiger partial charge in [0.25, 0.3) is 5.91 Å². The first kappa shape index (κ1) is 21.1. The Labute approximate surface area is 165 Å². The van der Waals surface area contributed by atoms with E-state index in [-0.39, 0.29) is 27.1 Å². The lowest BCUT2D eigenvalue weighted by molar-refractivity contribution is -0.137. The van der Waals surface area contributed by atoms with Crippen LogP contribution in [-0.4, -0.2) is 39.1 Å². The number of sulfone groups is 1. The quantitative estimate of drug-likeness (QED) is 0.754. The molecule has 0 aliphatic carbocycles. The smallest absolute Gasteiger partial charge is 0.397 e. The van der Waals surface area contributed by atoms with Crippen molar-refractivity contribution in [1.29, 1.82) is 0 Å². The van der Waals surface area contributed by atoms with Gasteiger partial charge in [0.2, 0.25) is 9.84 Å². The number of ether oxygens (including phenoxy) is 1. The van der Waals surface area contributed by atoms with E-state index in [4.69, 9.17) is 10.5 Å². The largest absolute Gasteiger partial charge is 0.416 e. The predicted molar refractivity (Wildman–Crippen MR) is 96.8 cm³/mol. The van der Waals surface area contributed by atoms with Gasteiger partial charge < -0.3 is 15.8 Å². The Balaban J connectivity index is 1.78. The minimum Gasteiger partial charge on any atom is -0.397 e. The van der Waals surface area contributed by atoms with Crippen LogP contribution in [0.15, 0.2) is 46.3 Å². The van der Waals surface area contributed by atoms with Crippen molar-refractivity contribution in [3.8, 4) is 0 Å². The Kier molecular flexibility index (Phi) is 5.80. The van der Waals surface area contributed by atoms with Gasteiger partial charge in [0.15, 0.2) is 5.69 Å². The Morgan fingerprint density at radius 1 is 1.24 bits per heavy atom. The number of alkyl halides is 3. The van der Waals surface area contributed by atoms with E-state index in [0.717, 1.165) is 30.8 Å². The van der Waals surface area contributed by atoms with Gasteiger partial charge in [0, 0.05) is 25.3 Å². The summed E-state index contributed by atoms with van der Waals surface area (Å²) in [6.45, 7) is 1.57. The number of nitrogens with zero attached hydrogens (tertiary/aromatic N) is 1. The summed E-state index contributed by atoms with van der Waals surface area (Å²) in [4.78, 5) is 15.4. The second kappa shape index (κ2) is 7.99. The topological polar surface area (TPSA) is 111 Å². The van der Waals surface area contributed by atoms with Crippen molar-refractivity contribution in [3.63, 3.8) is 0 Å². The highest BCUT2D eigenvalue weighted by atomic mass is 32.2. The first-order chi connectivity index (χ1) is 13.6. The number of rotatable bonds is 5. The zero-order chi connectivity index (χ0) is 21.2. The third-order valence-electron chi connectivity index (χ3n) is 4.48. The molecule has 1 aromatic carbocycles. The van der Waals surface area contributed by atoms with Crippen LogP contribution in [0.4, 0.5) is 18.9 Å². The van der Waals surface area contributed by atoms with Gasteiger partial charge in [-0.05, 0) is 36.8 Å². The second-order valence-electron chi connectivity index (χ2n) is 6.57. The lowest BCUT2D eigenvalue weighted by Crippen LogP contribution is -2.30. The molecular weight excluding hydrogens is 411 g/mol. The van der Waals surface area contributed by atoms with Gasteiger partial charge in [-0.1, -0.05) is 0 Å². The van der Waals surface area contributed by atoms with Crippen molar-refractivity contribution in [1.82, 2.24) is 10.3 Å². The standard InChI is InChI=1S/C18H18F3N3O4S/c19-18(20,21)12-1-3-13(4-2-12)29(26,27)14-7-15(22)16(23-9-14)17(25)24-8-11-5-6-28-10-11/h1-4,7,9,11H,5-6,8,10,22H2,(H,24,25)/t11-/m0/s1. The van der Waals surface area contributed by atoms with Crippen molar-refractivity contribution in [2.75, 3.05) is 25.5 Å². The van der Waals surface area contributed by atoms with Gasteiger partial charge in [-0.2, -0.15) is 13.2 Å². The van der Waals surface area contributed by atoms with E-state index >= 15 is 0 Å². The molecule has 1 aromatic heterocycles. The number of nitrogens with one attached hydrogen (secondary N) is 1. The molecule has 1 aliphatic rings. The van der Waals surface area contributed by atoms with Crippen molar-refractivity contribution < 1.29 is 31.1 Å². The fraction of sp³-hybridized carbons (Fsp3) is 0.333. The molecule has 1 amide bonds. The third kappa shape index (κ3) is 4.67. The van der Waals surface area contributed by atoms with Crippen LogP contribution < -0.4 is 11.1 Å². The number of halogens is 3. The highest BCUT2D eigenvalue weighted by Gasteiger charge is 2.31. The van der Waals surface area contributed by atoms with Crippen LogP contribution >= 0.6 is 0 Å². The minimum atomic E-state index is -4.58. The fourth-order valence-electron chi connectivity index (χ4n) is 2.82. The highest BCUT2D eigenvalue weighted by molar-refractivity contribution is 7.91. The first-order valence-corrected chi connectivity index (χ1v) is 10.1. The van der Waals surface area contributed by atoms with Gasteiger partial charge in [-0.3, -0.25) is 4.79 Å². The molecular formula is C18H18F3N3O4S. The molecule has 0 spiro atoms. The third-order valence-corrected chi connectivity index (χ3v) is 6.22. The second-order valence-corrected chi connectivity index (χ2v) is 8.52. The number of aromatic nitrogens is 1. The number of benzene rings is 1.